The van der Waals surface area contributed by atoms with E-state index in [0.29, 0.717) is 0 Å². The van der Waals surface area contributed by atoms with Gasteiger partial charge in [-0.05, 0) is 19.8 Å². The number of esters is 1. The van der Waals surface area contributed by atoms with Gasteiger partial charge in [-0.2, -0.15) is 13.2 Å². The first kappa shape index (κ1) is 14.3. The molecule has 100 valence electrons. The first-order valence-electron chi connectivity index (χ1n) is 5.81. The van der Waals surface area contributed by atoms with Crippen LogP contribution in [0.25, 0.3) is 0 Å². The Balaban J connectivity index is 2.46. The van der Waals surface area contributed by atoms with Crippen LogP contribution in [-0.2, 0) is 9.53 Å². The molecule has 0 saturated heterocycles. The van der Waals surface area contributed by atoms with Crippen molar-refractivity contribution in [1.82, 2.24) is 4.90 Å². The number of carbonyl (C=O) groups is 1. The smallest absolute Gasteiger partial charge is 0.401 e. The molecule has 1 unspecified atom stereocenters. The largest absolute Gasteiger partial charge is 0.466 e. The van der Waals surface area contributed by atoms with Gasteiger partial charge in [0.25, 0.3) is 0 Å². The molecule has 0 heterocycles. The molecule has 0 aliphatic heterocycles. The number of halogens is 3. The first-order chi connectivity index (χ1) is 7.83. The van der Waals surface area contributed by atoms with Crippen LogP contribution < -0.4 is 0 Å². The topological polar surface area (TPSA) is 29.5 Å². The Labute approximate surface area is 98.9 Å². The standard InChI is InChI=1S/C11H18F3NO2/c1-3-17-10(16)8(2)6-15(9-4-5-9)7-11(12,13)14/h8-9H,3-7H2,1-2H3. The van der Waals surface area contributed by atoms with Gasteiger partial charge in [-0.3, -0.25) is 9.69 Å². The summed E-state index contributed by atoms with van der Waals surface area (Å²) in [5, 5.41) is 0. The lowest BCUT2D eigenvalue weighted by molar-refractivity contribution is -0.156. The molecule has 1 rings (SSSR count). The van der Waals surface area contributed by atoms with E-state index < -0.39 is 24.6 Å². The number of hydrogen-bond acceptors (Lipinski definition) is 3. The van der Waals surface area contributed by atoms with Crippen molar-refractivity contribution in [2.45, 2.75) is 38.9 Å². The van der Waals surface area contributed by atoms with Crippen LogP contribution in [0.2, 0.25) is 0 Å². The fraction of sp³-hybridized carbons (Fsp3) is 0.909. The Morgan fingerprint density at radius 3 is 2.47 bits per heavy atom. The van der Waals surface area contributed by atoms with E-state index in [-0.39, 0.29) is 19.2 Å². The van der Waals surface area contributed by atoms with Crippen molar-refractivity contribution in [3.8, 4) is 0 Å². The summed E-state index contributed by atoms with van der Waals surface area (Å²) in [6, 6.07) is -0.0199. The van der Waals surface area contributed by atoms with Crippen LogP contribution >= 0.6 is 0 Å². The highest BCUT2D eigenvalue weighted by atomic mass is 19.4. The van der Waals surface area contributed by atoms with Crippen LogP contribution in [0.1, 0.15) is 26.7 Å². The summed E-state index contributed by atoms with van der Waals surface area (Å²) < 4.78 is 41.8. The maximum absolute atomic E-state index is 12.3. The summed E-state index contributed by atoms with van der Waals surface area (Å²) in [5.74, 6) is -0.946. The highest BCUT2D eigenvalue weighted by Crippen LogP contribution is 2.30. The Bertz CT molecular complexity index is 264. The van der Waals surface area contributed by atoms with Gasteiger partial charge in [0.1, 0.15) is 0 Å². The van der Waals surface area contributed by atoms with Crippen LogP contribution in [0.3, 0.4) is 0 Å². The third-order valence-corrected chi connectivity index (χ3v) is 2.64. The maximum Gasteiger partial charge on any atom is 0.401 e. The van der Waals surface area contributed by atoms with E-state index in [1.54, 1.807) is 13.8 Å². The molecular formula is C11H18F3NO2. The first-order valence-corrected chi connectivity index (χ1v) is 5.81. The highest BCUT2D eigenvalue weighted by Gasteiger charge is 2.39. The summed E-state index contributed by atoms with van der Waals surface area (Å²) in [6.07, 6.45) is -2.64. The van der Waals surface area contributed by atoms with Crippen LogP contribution in [-0.4, -0.2) is 42.8 Å². The van der Waals surface area contributed by atoms with Gasteiger partial charge >= 0.3 is 12.1 Å². The van der Waals surface area contributed by atoms with Crippen LogP contribution in [0.15, 0.2) is 0 Å². The van der Waals surface area contributed by atoms with Gasteiger partial charge in [0.05, 0.1) is 19.1 Å². The van der Waals surface area contributed by atoms with Crippen molar-refractivity contribution in [3.05, 3.63) is 0 Å². The number of alkyl halides is 3. The van der Waals surface area contributed by atoms with Crippen molar-refractivity contribution in [1.29, 1.82) is 0 Å². The van der Waals surface area contributed by atoms with E-state index in [9.17, 15) is 18.0 Å². The van der Waals surface area contributed by atoms with Crippen molar-refractivity contribution < 1.29 is 22.7 Å². The van der Waals surface area contributed by atoms with Gasteiger partial charge in [-0.15, -0.1) is 0 Å². The van der Waals surface area contributed by atoms with Crippen LogP contribution in [0.5, 0.6) is 0 Å². The number of ether oxygens (including phenoxy) is 1. The van der Waals surface area contributed by atoms with E-state index in [1.807, 2.05) is 0 Å². The molecule has 0 aromatic rings. The SMILES string of the molecule is CCOC(=O)C(C)CN(CC(F)(F)F)C1CC1. The maximum atomic E-state index is 12.3. The summed E-state index contributed by atoms with van der Waals surface area (Å²) in [6.45, 7) is 2.71. The molecule has 0 aromatic heterocycles. The molecule has 0 amide bonds. The zero-order valence-corrected chi connectivity index (χ0v) is 10.1. The van der Waals surface area contributed by atoms with E-state index in [4.69, 9.17) is 4.74 Å². The quantitative estimate of drug-likeness (QED) is 0.680. The minimum Gasteiger partial charge on any atom is -0.466 e. The van der Waals surface area contributed by atoms with Gasteiger partial charge in [0, 0.05) is 12.6 Å². The molecule has 6 heteroatoms. The highest BCUT2D eigenvalue weighted by molar-refractivity contribution is 5.72. The minimum absolute atomic E-state index is 0.0199. The molecule has 1 saturated carbocycles. The molecule has 0 bridgehead atoms. The molecule has 1 aliphatic carbocycles. The monoisotopic (exact) mass is 253 g/mol. The van der Waals surface area contributed by atoms with Gasteiger partial charge in [0.2, 0.25) is 0 Å². The van der Waals surface area contributed by atoms with Gasteiger partial charge in [-0.25, -0.2) is 0 Å². The van der Waals surface area contributed by atoms with Gasteiger partial charge in [-0.1, -0.05) is 6.92 Å². The third-order valence-electron chi connectivity index (χ3n) is 2.64. The van der Waals surface area contributed by atoms with Crippen LogP contribution in [0.4, 0.5) is 13.2 Å². The number of rotatable bonds is 6. The average molecular weight is 253 g/mol. The predicted molar refractivity (Wildman–Crippen MR) is 56.4 cm³/mol. The zero-order chi connectivity index (χ0) is 13.1. The summed E-state index contributed by atoms with van der Waals surface area (Å²) in [7, 11) is 0. The Morgan fingerprint density at radius 1 is 1.47 bits per heavy atom. The zero-order valence-electron chi connectivity index (χ0n) is 10.1. The van der Waals surface area contributed by atoms with Gasteiger partial charge < -0.3 is 4.74 Å². The lowest BCUT2D eigenvalue weighted by atomic mass is 10.1. The molecule has 3 nitrogen and oxygen atoms in total. The normalized spacial score (nSPS) is 18.2. The van der Waals surface area contributed by atoms with Crippen LogP contribution in [0, 0.1) is 5.92 Å². The molecule has 0 radical (unpaired) electrons. The third kappa shape index (κ3) is 5.39. The summed E-state index contributed by atoms with van der Waals surface area (Å²) >= 11 is 0. The lowest BCUT2D eigenvalue weighted by Gasteiger charge is -2.25. The Morgan fingerprint density at radius 2 is 2.06 bits per heavy atom. The van der Waals surface area contributed by atoms with Crippen molar-refractivity contribution in [2.24, 2.45) is 5.92 Å². The summed E-state index contributed by atoms with van der Waals surface area (Å²) in [5.41, 5.74) is 0. The molecule has 1 fully saturated rings. The van der Waals surface area contributed by atoms with Crippen molar-refractivity contribution >= 4 is 5.97 Å². The number of nitrogens with zero attached hydrogens (tertiary/aromatic N) is 1. The lowest BCUT2D eigenvalue weighted by Crippen LogP contribution is -2.40. The number of carbonyl (C=O) groups excluding carboxylic acids is 1. The molecule has 1 atom stereocenters. The fourth-order valence-electron chi connectivity index (χ4n) is 1.72. The Hall–Kier alpha value is -0.780. The number of hydrogen-bond donors (Lipinski definition) is 0. The van der Waals surface area contributed by atoms with E-state index in [0.717, 1.165) is 12.8 Å². The van der Waals surface area contributed by atoms with E-state index in [2.05, 4.69) is 0 Å². The molecule has 0 aromatic carbocycles. The second-order valence-corrected chi connectivity index (χ2v) is 4.43. The molecule has 17 heavy (non-hydrogen) atoms. The minimum atomic E-state index is -4.21. The fourth-order valence-corrected chi connectivity index (χ4v) is 1.72. The molecular weight excluding hydrogens is 235 g/mol. The van der Waals surface area contributed by atoms with E-state index >= 15 is 0 Å². The average Bonchev–Trinajstić information content (AvgIpc) is 2.97. The van der Waals surface area contributed by atoms with Gasteiger partial charge in [0.15, 0.2) is 0 Å². The molecule has 0 N–H and O–H groups in total. The molecule has 0 spiro atoms. The molecule has 1 aliphatic rings. The second kappa shape index (κ2) is 5.71. The van der Waals surface area contributed by atoms with Crippen molar-refractivity contribution in [3.63, 3.8) is 0 Å². The summed E-state index contributed by atoms with van der Waals surface area (Å²) in [4.78, 5) is 12.7. The van der Waals surface area contributed by atoms with Crippen molar-refractivity contribution in [2.75, 3.05) is 19.7 Å². The predicted octanol–water partition coefficient (Wildman–Crippen LogP) is 2.21. The Kier molecular flexibility index (Phi) is 4.80. The van der Waals surface area contributed by atoms with E-state index in [1.165, 1.54) is 4.90 Å². The second-order valence-electron chi connectivity index (χ2n) is 4.43.